The molecule has 0 radical (unpaired) electrons. The van der Waals surface area contributed by atoms with E-state index in [2.05, 4.69) is 10.2 Å². The SMILES string of the molecule is COc1ccccc1[C@H](Cc1nnc(SCC(N)=O)o1)c1ccco1. The maximum atomic E-state index is 10.9. The molecule has 0 saturated heterocycles. The summed E-state index contributed by atoms with van der Waals surface area (Å²) >= 11 is 1.11. The Balaban J connectivity index is 1.85. The predicted octanol–water partition coefficient (Wildman–Crippen LogP) is 2.62. The van der Waals surface area contributed by atoms with Crippen LogP contribution in [0.4, 0.5) is 0 Å². The highest BCUT2D eigenvalue weighted by Crippen LogP contribution is 2.34. The van der Waals surface area contributed by atoms with Crippen molar-refractivity contribution in [1.82, 2.24) is 10.2 Å². The van der Waals surface area contributed by atoms with Crippen LogP contribution in [0.5, 0.6) is 5.75 Å². The van der Waals surface area contributed by atoms with E-state index in [1.54, 1.807) is 13.4 Å². The number of hydrogen-bond acceptors (Lipinski definition) is 7. The van der Waals surface area contributed by atoms with E-state index in [1.165, 1.54) is 0 Å². The second kappa shape index (κ2) is 7.89. The van der Waals surface area contributed by atoms with E-state index in [4.69, 9.17) is 19.3 Å². The number of carbonyl (C=O) groups excluding carboxylic acids is 1. The Morgan fingerprint density at radius 2 is 2.12 bits per heavy atom. The number of carbonyl (C=O) groups is 1. The number of methoxy groups -OCH3 is 1. The lowest BCUT2D eigenvalue weighted by Crippen LogP contribution is -2.12. The van der Waals surface area contributed by atoms with Gasteiger partial charge in [0.25, 0.3) is 5.22 Å². The fourth-order valence-corrected chi connectivity index (χ4v) is 3.01. The molecule has 0 spiro atoms. The van der Waals surface area contributed by atoms with Gasteiger partial charge in [0.1, 0.15) is 11.5 Å². The van der Waals surface area contributed by atoms with Gasteiger partial charge in [-0.15, -0.1) is 10.2 Å². The Bertz CT molecular complexity index is 832. The van der Waals surface area contributed by atoms with Gasteiger partial charge < -0.3 is 19.3 Å². The molecule has 3 aromatic rings. The Morgan fingerprint density at radius 3 is 2.84 bits per heavy atom. The summed E-state index contributed by atoms with van der Waals surface area (Å²) in [4.78, 5) is 10.9. The molecule has 1 amide bonds. The van der Waals surface area contributed by atoms with Crippen LogP contribution >= 0.6 is 11.8 Å². The van der Waals surface area contributed by atoms with E-state index in [9.17, 15) is 4.79 Å². The quantitative estimate of drug-likeness (QED) is 0.616. The van der Waals surface area contributed by atoms with Gasteiger partial charge in [-0.1, -0.05) is 30.0 Å². The van der Waals surface area contributed by atoms with Crippen LogP contribution in [0.3, 0.4) is 0 Å². The van der Waals surface area contributed by atoms with Crippen molar-refractivity contribution in [2.75, 3.05) is 12.9 Å². The number of para-hydroxylation sites is 1. The first kappa shape index (κ1) is 17.1. The van der Waals surface area contributed by atoms with Gasteiger partial charge in [0.15, 0.2) is 0 Å². The van der Waals surface area contributed by atoms with E-state index in [-0.39, 0.29) is 11.7 Å². The largest absolute Gasteiger partial charge is 0.496 e. The van der Waals surface area contributed by atoms with Crippen LogP contribution in [0.25, 0.3) is 0 Å². The summed E-state index contributed by atoms with van der Waals surface area (Å²) in [6, 6.07) is 11.5. The van der Waals surface area contributed by atoms with Crippen LogP contribution in [0.15, 0.2) is 56.7 Å². The van der Waals surface area contributed by atoms with Crippen molar-refractivity contribution in [2.45, 2.75) is 17.6 Å². The number of aromatic nitrogens is 2. The molecule has 7 nitrogen and oxygen atoms in total. The van der Waals surface area contributed by atoms with Crippen molar-refractivity contribution in [3.63, 3.8) is 0 Å². The molecule has 0 saturated carbocycles. The molecule has 8 heteroatoms. The van der Waals surface area contributed by atoms with Crippen molar-refractivity contribution in [1.29, 1.82) is 0 Å². The molecule has 1 aromatic carbocycles. The van der Waals surface area contributed by atoms with E-state index >= 15 is 0 Å². The highest BCUT2D eigenvalue weighted by molar-refractivity contribution is 7.99. The highest BCUT2D eigenvalue weighted by atomic mass is 32.2. The third-order valence-corrected chi connectivity index (χ3v) is 4.41. The van der Waals surface area contributed by atoms with Crippen LogP contribution in [0, 0.1) is 0 Å². The molecule has 0 unspecified atom stereocenters. The molecule has 0 fully saturated rings. The molecule has 3 rings (SSSR count). The molecule has 0 bridgehead atoms. The lowest BCUT2D eigenvalue weighted by atomic mass is 9.92. The van der Waals surface area contributed by atoms with Crippen LogP contribution < -0.4 is 10.5 Å². The van der Waals surface area contributed by atoms with Gasteiger partial charge in [-0.05, 0) is 18.2 Å². The number of rotatable bonds is 8. The molecule has 25 heavy (non-hydrogen) atoms. The zero-order valence-corrected chi connectivity index (χ0v) is 14.4. The minimum absolute atomic E-state index is 0.0930. The number of benzene rings is 1. The number of furan rings is 1. The molecule has 2 aromatic heterocycles. The van der Waals surface area contributed by atoms with E-state index < -0.39 is 5.91 Å². The molecule has 130 valence electrons. The van der Waals surface area contributed by atoms with Crippen LogP contribution in [0.1, 0.15) is 23.1 Å². The minimum Gasteiger partial charge on any atom is -0.496 e. The molecule has 2 heterocycles. The topological polar surface area (TPSA) is 104 Å². The summed E-state index contributed by atoms with van der Waals surface area (Å²) in [5.41, 5.74) is 6.09. The number of hydrogen-bond donors (Lipinski definition) is 1. The van der Waals surface area contributed by atoms with E-state index in [1.807, 2.05) is 36.4 Å². The predicted molar refractivity (Wildman–Crippen MR) is 91.5 cm³/mol. The normalized spacial score (nSPS) is 12.0. The van der Waals surface area contributed by atoms with Gasteiger partial charge in [0.05, 0.1) is 25.0 Å². The molecule has 0 aliphatic rings. The Labute approximate surface area is 148 Å². The summed E-state index contributed by atoms with van der Waals surface area (Å²) in [5, 5.41) is 8.30. The standard InChI is InChI=1S/C17H17N3O4S/c1-22-13-6-3-2-5-11(13)12(14-7-4-8-23-14)9-16-19-20-17(24-16)25-10-15(18)21/h2-8,12H,9-10H2,1H3,(H2,18,21)/t12-/m0/s1. The highest BCUT2D eigenvalue weighted by Gasteiger charge is 2.24. The average molecular weight is 359 g/mol. The summed E-state index contributed by atoms with van der Waals surface area (Å²) in [6.07, 6.45) is 2.07. The maximum absolute atomic E-state index is 10.9. The fourth-order valence-electron chi connectivity index (χ4n) is 2.49. The first-order valence-corrected chi connectivity index (χ1v) is 8.55. The average Bonchev–Trinajstić information content (AvgIpc) is 3.29. The third-order valence-electron chi connectivity index (χ3n) is 3.57. The molecule has 0 aliphatic heterocycles. The maximum Gasteiger partial charge on any atom is 0.277 e. The van der Waals surface area contributed by atoms with Crippen LogP contribution in [0.2, 0.25) is 0 Å². The van der Waals surface area contributed by atoms with Gasteiger partial charge in [-0.2, -0.15) is 0 Å². The summed E-state index contributed by atoms with van der Waals surface area (Å²) in [5.74, 6) is 1.49. The Morgan fingerprint density at radius 1 is 1.28 bits per heavy atom. The zero-order chi connectivity index (χ0) is 17.6. The first-order chi connectivity index (χ1) is 12.2. The minimum atomic E-state index is -0.438. The fraction of sp³-hybridized carbons (Fsp3) is 0.235. The lowest BCUT2D eigenvalue weighted by Gasteiger charge is -2.16. The van der Waals surface area contributed by atoms with Gasteiger partial charge in [-0.3, -0.25) is 4.79 Å². The van der Waals surface area contributed by atoms with Gasteiger partial charge in [0.2, 0.25) is 11.8 Å². The van der Waals surface area contributed by atoms with E-state index in [0.717, 1.165) is 28.8 Å². The third kappa shape index (κ3) is 4.21. The molecular formula is C17H17N3O4S. The van der Waals surface area contributed by atoms with Crippen molar-refractivity contribution >= 4 is 17.7 Å². The van der Waals surface area contributed by atoms with Gasteiger partial charge in [-0.25, -0.2) is 0 Å². The molecular weight excluding hydrogens is 342 g/mol. The monoisotopic (exact) mass is 359 g/mol. The molecule has 1 atom stereocenters. The smallest absolute Gasteiger partial charge is 0.277 e. The van der Waals surface area contributed by atoms with Crippen molar-refractivity contribution in [2.24, 2.45) is 5.73 Å². The van der Waals surface area contributed by atoms with Crippen LogP contribution in [-0.2, 0) is 11.2 Å². The molecule has 0 aliphatic carbocycles. The summed E-state index contributed by atoms with van der Waals surface area (Å²) in [7, 11) is 1.63. The lowest BCUT2D eigenvalue weighted by molar-refractivity contribution is -0.115. The molecule has 2 N–H and O–H groups in total. The second-order valence-corrected chi connectivity index (χ2v) is 6.16. The van der Waals surface area contributed by atoms with Gasteiger partial charge in [0, 0.05) is 12.0 Å². The number of nitrogens with zero attached hydrogens (tertiary/aromatic N) is 2. The van der Waals surface area contributed by atoms with Crippen molar-refractivity contribution in [3.05, 3.63) is 59.9 Å². The summed E-state index contributed by atoms with van der Waals surface area (Å²) < 4.78 is 16.7. The Kier molecular flexibility index (Phi) is 5.39. The number of ether oxygens (including phenoxy) is 1. The van der Waals surface area contributed by atoms with E-state index in [0.29, 0.717) is 17.5 Å². The zero-order valence-electron chi connectivity index (χ0n) is 13.5. The Hall–Kier alpha value is -2.74. The summed E-state index contributed by atoms with van der Waals surface area (Å²) in [6.45, 7) is 0. The van der Waals surface area contributed by atoms with Crippen molar-refractivity contribution < 1.29 is 18.4 Å². The number of primary amides is 1. The number of thioether (sulfide) groups is 1. The first-order valence-electron chi connectivity index (χ1n) is 7.57. The number of amides is 1. The van der Waals surface area contributed by atoms with Crippen molar-refractivity contribution in [3.8, 4) is 5.75 Å². The van der Waals surface area contributed by atoms with Gasteiger partial charge >= 0.3 is 0 Å². The number of nitrogens with two attached hydrogens (primary N) is 1. The van der Waals surface area contributed by atoms with Crippen LogP contribution in [-0.4, -0.2) is 29.0 Å². The second-order valence-electron chi connectivity index (χ2n) is 5.23.